The Balaban J connectivity index is 1.64. The van der Waals surface area contributed by atoms with Gasteiger partial charge in [0, 0.05) is 27.8 Å². The maximum atomic E-state index is 13.4. The minimum absolute atomic E-state index is 0.0141. The topological polar surface area (TPSA) is 111 Å². The quantitative estimate of drug-likeness (QED) is 0.225. The van der Waals surface area contributed by atoms with Gasteiger partial charge in [0.1, 0.15) is 0 Å². The fourth-order valence-electron chi connectivity index (χ4n) is 2.47. The maximum absolute atomic E-state index is 13.4. The number of hydrogen-bond donors (Lipinski definition) is 1. The lowest BCUT2D eigenvalue weighted by atomic mass is 10.2. The van der Waals surface area contributed by atoms with Crippen LogP contribution in [-0.2, 0) is 15.3 Å². The highest BCUT2D eigenvalue weighted by molar-refractivity contribution is 7.98. The van der Waals surface area contributed by atoms with Crippen molar-refractivity contribution in [2.45, 2.75) is 23.7 Å². The number of nitro benzene ring substituents is 1. The number of benzene rings is 2. The van der Waals surface area contributed by atoms with Crippen LogP contribution in [0.25, 0.3) is 0 Å². The summed E-state index contributed by atoms with van der Waals surface area (Å²) in [6.45, 7) is 1.37. The molecule has 8 nitrogen and oxygen atoms in total. The highest BCUT2D eigenvalue weighted by Crippen LogP contribution is 2.27. The van der Waals surface area contributed by atoms with Gasteiger partial charge in [-0.05, 0) is 31.2 Å². The van der Waals surface area contributed by atoms with E-state index in [-0.39, 0.29) is 5.69 Å². The lowest BCUT2D eigenvalue weighted by Gasteiger charge is -2.15. The number of aromatic nitrogens is 1. The number of esters is 1. The molecular formula is C20H16FN3O5S2. The molecule has 0 saturated heterocycles. The SMILES string of the molecule is CC(OC(=O)c1ccccc1SCc1cscn1)C(=O)Nc1ccc(F)c([N+](=O)[O-])c1. The van der Waals surface area contributed by atoms with E-state index >= 15 is 0 Å². The first-order valence-corrected chi connectivity index (χ1v) is 10.8. The van der Waals surface area contributed by atoms with E-state index in [4.69, 9.17) is 4.74 Å². The van der Waals surface area contributed by atoms with Crippen LogP contribution in [0, 0.1) is 15.9 Å². The van der Waals surface area contributed by atoms with Crippen molar-refractivity contribution in [2.24, 2.45) is 0 Å². The van der Waals surface area contributed by atoms with E-state index in [1.54, 1.807) is 29.8 Å². The third kappa shape index (κ3) is 5.86. The largest absolute Gasteiger partial charge is 0.449 e. The first-order chi connectivity index (χ1) is 14.8. The van der Waals surface area contributed by atoms with Gasteiger partial charge in [0.2, 0.25) is 5.82 Å². The standard InChI is InChI=1S/C20H16FN3O5S2/c1-12(19(25)23-13-6-7-16(21)17(8-13)24(27)28)29-20(26)15-4-2-3-5-18(15)31-10-14-9-30-11-22-14/h2-9,11-12H,10H2,1H3,(H,23,25). The van der Waals surface area contributed by atoms with E-state index in [0.29, 0.717) is 16.2 Å². The van der Waals surface area contributed by atoms with E-state index in [1.807, 2.05) is 5.38 Å². The molecule has 0 aliphatic carbocycles. The van der Waals surface area contributed by atoms with Crippen molar-refractivity contribution in [3.8, 4) is 0 Å². The number of thioether (sulfide) groups is 1. The summed E-state index contributed by atoms with van der Waals surface area (Å²) in [5.74, 6) is -1.84. The van der Waals surface area contributed by atoms with Crippen molar-refractivity contribution < 1.29 is 23.6 Å². The summed E-state index contributed by atoms with van der Waals surface area (Å²) in [7, 11) is 0. The van der Waals surface area contributed by atoms with Crippen LogP contribution in [0.5, 0.6) is 0 Å². The molecule has 1 aromatic heterocycles. The molecule has 1 atom stereocenters. The summed E-state index contributed by atoms with van der Waals surface area (Å²) in [5, 5.41) is 15.1. The van der Waals surface area contributed by atoms with Crippen LogP contribution in [-0.4, -0.2) is 27.9 Å². The molecule has 0 bridgehead atoms. The van der Waals surface area contributed by atoms with Crippen LogP contribution in [0.1, 0.15) is 23.0 Å². The molecule has 0 fully saturated rings. The molecule has 11 heteroatoms. The van der Waals surface area contributed by atoms with Crippen molar-refractivity contribution in [3.63, 3.8) is 0 Å². The minimum Gasteiger partial charge on any atom is -0.449 e. The molecule has 1 unspecified atom stereocenters. The van der Waals surface area contributed by atoms with Crippen LogP contribution in [0.4, 0.5) is 15.8 Å². The summed E-state index contributed by atoms with van der Waals surface area (Å²) in [4.78, 5) is 39.8. The van der Waals surface area contributed by atoms with Gasteiger partial charge in [-0.1, -0.05) is 12.1 Å². The van der Waals surface area contributed by atoms with Gasteiger partial charge >= 0.3 is 11.7 Å². The second kappa shape index (κ2) is 10.1. The summed E-state index contributed by atoms with van der Waals surface area (Å²) < 4.78 is 18.7. The Morgan fingerprint density at radius 2 is 2.10 bits per heavy atom. The molecule has 0 spiro atoms. The predicted molar refractivity (Wildman–Crippen MR) is 115 cm³/mol. The van der Waals surface area contributed by atoms with Gasteiger partial charge in [-0.3, -0.25) is 14.9 Å². The highest BCUT2D eigenvalue weighted by Gasteiger charge is 2.22. The van der Waals surface area contributed by atoms with Gasteiger partial charge in [-0.25, -0.2) is 9.78 Å². The predicted octanol–water partition coefficient (Wildman–Crippen LogP) is 4.67. The molecule has 3 aromatic rings. The van der Waals surface area contributed by atoms with Crippen molar-refractivity contribution in [1.82, 2.24) is 4.98 Å². The Morgan fingerprint density at radius 3 is 2.81 bits per heavy atom. The fraction of sp³-hybridized carbons (Fsp3) is 0.150. The van der Waals surface area contributed by atoms with Crippen LogP contribution in [0.2, 0.25) is 0 Å². The van der Waals surface area contributed by atoms with Gasteiger partial charge in [-0.15, -0.1) is 23.1 Å². The van der Waals surface area contributed by atoms with E-state index in [2.05, 4.69) is 10.3 Å². The average Bonchev–Trinajstić information content (AvgIpc) is 3.27. The zero-order chi connectivity index (χ0) is 22.4. The molecule has 3 rings (SSSR count). The third-order valence-corrected chi connectivity index (χ3v) is 5.77. The number of ether oxygens (including phenoxy) is 1. The van der Waals surface area contributed by atoms with E-state index in [0.717, 1.165) is 17.8 Å². The molecule has 1 heterocycles. The lowest BCUT2D eigenvalue weighted by Crippen LogP contribution is -2.30. The number of thiazole rings is 1. The number of nitrogens with one attached hydrogen (secondary N) is 1. The second-order valence-electron chi connectivity index (χ2n) is 6.22. The summed E-state index contributed by atoms with van der Waals surface area (Å²) in [6, 6.07) is 9.80. The number of nitro groups is 1. The molecule has 1 N–H and O–H groups in total. The first-order valence-electron chi connectivity index (χ1n) is 8.90. The highest BCUT2D eigenvalue weighted by atomic mass is 32.2. The summed E-state index contributed by atoms with van der Waals surface area (Å²) in [6.07, 6.45) is -1.19. The molecule has 2 aromatic carbocycles. The fourth-order valence-corrected chi connectivity index (χ4v) is 4.08. The Morgan fingerprint density at radius 1 is 1.32 bits per heavy atom. The molecule has 160 valence electrons. The summed E-state index contributed by atoms with van der Waals surface area (Å²) >= 11 is 2.90. The summed E-state index contributed by atoms with van der Waals surface area (Å²) in [5.41, 5.74) is 2.17. The monoisotopic (exact) mass is 461 g/mol. The third-order valence-electron chi connectivity index (χ3n) is 4.03. The first kappa shape index (κ1) is 22.4. The van der Waals surface area contributed by atoms with Crippen molar-refractivity contribution >= 4 is 46.3 Å². The number of hydrogen-bond acceptors (Lipinski definition) is 8. The van der Waals surface area contributed by atoms with Crippen LogP contribution >= 0.6 is 23.1 Å². The number of halogens is 1. The molecule has 0 aliphatic rings. The molecule has 0 saturated carbocycles. The second-order valence-corrected chi connectivity index (χ2v) is 7.96. The smallest absolute Gasteiger partial charge is 0.340 e. The van der Waals surface area contributed by atoms with Crippen LogP contribution in [0.15, 0.2) is 58.3 Å². The lowest BCUT2D eigenvalue weighted by molar-refractivity contribution is -0.387. The molecule has 0 aliphatic heterocycles. The molecular weight excluding hydrogens is 445 g/mol. The minimum atomic E-state index is -1.19. The molecule has 31 heavy (non-hydrogen) atoms. The van der Waals surface area contributed by atoms with Crippen LogP contribution < -0.4 is 5.32 Å². The zero-order valence-corrected chi connectivity index (χ0v) is 17.7. The van der Waals surface area contributed by atoms with Gasteiger partial charge in [0.15, 0.2) is 6.10 Å². The average molecular weight is 461 g/mol. The zero-order valence-electron chi connectivity index (χ0n) is 16.1. The number of carbonyl (C=O) groups is 2. The number of rotatable bonds is 8. The Labute approximate surface area is 184 Å². The Hall–Kier alpha value is -3.31. The maximum Gasteiger partial charge on any atom is 0.340 e. The van der Waals surface area contributed by atoms with Gasteiger partial charge < -0.3 is 10.1 Å². The van der Waals surface area contributed by atoms with Crippen LogP contribution in [0.3, 0.4) is 0 Å². The number of amides is 1. The van der Waals surface area contributed by atoms with Crippen molar-refractivity contribution in [1.29, 1.82) is 0 Å². The Bertz CT molecular complexity index is 1110. The molecule has 0 radical (unpaired) electrons. The normalized spacial score (nSPS) is 11.5. The molecule has 1 amide bonds. The van der Waals surface area contributed by atoms with Gasteiger partial charge in [0.25, 0.3) is 5.91 Å². The van der Waals surface area contributed by atoms with E-state index in [1.165, 1.54) is 36.1 Å². The number of carbonyl (C=O) groups excluding carboxylic acids is 2. The van der Waals surface area contributed by atoms with E-state index in [9.17, 15) is 24.1 Å². The Kier molecular flexibility index (Phi) is 7.32. The van der Waals surface area contributed by atoms with Crippen molar-refractivity contribution in [3.05, 3.63) is 80.5 Å². The van der Waals surface area contributed by atoms with Crippen molar-refractivity contribution in [2.75, 3.05) is 5.32 Å². The van der Waals surface area contributed by atoms with E-state index < -0.39 is 34.4 Å². The number of nitrogens with zero attached hydrogens (tertiary/aromatic N) is 2. The number of anilines is 1. The van der Waals surface area contributed by atoms with Gasteiger partial charge in [-0.2, -0.15) is 4.39 Å². The van der Waals surface area contributed by atoms with Gasteiger partial charge in [0.05, 0.1) is 21.7 Å².